The number of fused-ring (bicyclic) bond motifs is 1. The number of hydrogen-bond donors (Lipinski definition) is 0. The summed E-state index contributed by atoms with van der Waals surface area (Å²) >= 11 is 1.96. The van der Waals surface area contributed by atoms with Gasteiger partial charge in [-0.1, -0.05) is 25.0 Å². The van der Waals surface area contributed by atoms with Crippen molar-refractivity contribution in [3.63, 3.8) is 0 Å². The molecule has 0 spiro atoms. The van der Waals surface area contributed by atoms with E-state index in [1.807, 2.05) is 11.8 Å². The van der Waals surface area contributed by atoms with Crippen molar-refractivity contribution in [2.75, 3.05) is 30.3 Å². The number of likely N-dealkylation sites (tertiary alicyclic amines) is 1. The fourth-order valence-corrected chi connectivity index (χ4v) is 5.40. The van der Waals surface area contributed by atoms with Gasteiger partial charge in [-0.05, 0) is 37.3 Å². The van der Waals surface area contributed by atoms with Gasteiger partial charge in [-0.3, -0.25) is 4.79 Å². The van der Waals surface area contributed by atoms with Crippen LogP contribution in [0.5, 0.6) is 0 Å². The van der Waals surface area contributed by atoms with Crippen LogP contribution in [-0.2, 0) is 4.79 Å². The number of anilines is 1. The summed E-state index contributed by atoms with van der Waals surface area (Å²) in [4.78, 5) is 18.7. The summed E-state index contributed by atoms with van der Waals surface area (Å²) in [6.45, 7) is 2.98. The molecule has 0 radical (unpaired) electrons. The number of hydrogen-bond acceptors (Lipinski definition) is 3. The number of nitrogens with zero attached hydrogens (tertiary/aromatic N) is 2. The minimum Gasteiger partial charge on any atom is -0.365 e. The molecule has 4 heteroatoms. The molecule has 0 bridgehead atoms. The largest absolute Gasteiger partial charge is 0.365 e. The smallest absolute Gasteiger partial charge is 0.222 e. The van der Waals surface area contributed by atoms with Crippen LogP contribution in [0.2, 0.25) is 0 Å². The minimum atomic E-state index is 0.402. The third-order valence-corrected chi connectivity index (χ3v) is 6.70. The number of carbonyl (C=O) groups is 1. The second-order valence-electron chi connectivity index (χ2n) is 7.15. The Bertz CT molecular complexity index is 570. The van der Waals surface area contributed by atoms with Crippen molar-refractivity contribution < 1.29 is 4.79 Å². The topological polar surface area (TPSA) is 23.6 Å². The lowest BCUT2D eigenvalue weighted by molar-refractivity contribution is -0.131. The molecule has 1 saturated carbocycles. The van der Waals surface area contributed by atoms with E-state index in [1.165, 1.54) is 36.3 Å². The highest BCUT2D eigenvalue weighted by atomic mass is 32.2. The molecular formula is C19H26N2OS. The van der Waals surface area contributed by atoms with Crippen molar-refractivity contribution in [1.82, 2.24) is 4.90 Å². The minimum absolute atomic E-state index is 0.402. The zero-order chi connectivity index (χ0) is 15.6. The van der Waals surface area contributed by atoms with Gasteiger partial charge in [-0.2, -0.15) is 0 Å². The Balaban J connectivity index is 1.40. The average molecular weight is 330 g/mol. The van der Waals surface area contributed by atoms with Gasteiger partial charge >= 0.3 is 0 Å². The Labute approximate surface area is 143 Å². The number of carbonyl (C=O) groups excluding carboxylic acids is 1. The van der Waals surface area contributed by atoms with Crippen LogP contribution >= 0.6 is 11.8 Å². The van der Waals surface area contributed by atoms with Gasteiger partial charge in [0.1, 0.15) is 0 Å². The summed E-state index contributed by atoms with van der Waals surface area (Å²) in [6, 6.07) is 9.23. The number of benzene rings is 1. The highest BCUT2D eigenvalue weighted by Crippen LogP contribution is 2.37. The molecule has 2 heterocycles. The van der Waals surface area contributed by atoms with Crippen LogP contribution in [0, 0.1) is 5.92 Å². The van der Waals surface area contributed by atoms with Gasteiger partial charge in [0, 0.05) is 42.7 Å². The lowest BCUT2D eigenvalue weighted by atomic mass is 10.0. The molecule has 3 nitrogen and oxygen atoms in total. The van der Waals surface area contributed by atoms with E-state index in [1.54, 1.807) is 0 Å². The summed E-state index contributed by atoms with van der Waals surface area (Å²) in [7, 11) is 0. The summed E-state index contributed by atoms with van der Waals surface area (Å²) in [5.41, 5.74) is 1.37. The van der Waals surface area contributed by atoms with Gasteiger partial charge in [-0.15, -0.1) is 11.8 Å². The molecule has 124 valence electrons. The van der Waals surface area contributed by atoms with E-state index in [2.05, 4.69) is 34.1 Å². The zero-order valence-electron chi connectivity index (χ0n) is 13.7. The molecule has 0 aromatic heterocycles. The maximum Gasteiger partial charge on any atom is 0.222 e. The lowest BCUT2D eigenvalue weighted by Crippen LogP contribution is -2.41. The quantitative estimate of drug-likeness (QED) is 0.843. The first-order chi connectivity index (χ1) is 11.3. The third kappa shape index (κ3) is 3.23. The summed E-state index contributed by atoms with van der Waals surface area (Å²) in [6.07, 6.45) is 7.08. The normalized spacial score (nSPS) is 25.0. The fourth-order valence-electron chi connectivity index (χ4n) is 4.38. The maximum atomic E-state index is 12.6. The van der Waals surface area contributed by atoms with Gasteiger partial charge in [-0.25, -0.2) is 0 Å². The summed E-state index contributed by atoms with van der Waals surface area (Å²) < 4.78 is 0. The van der Waals surface area contributed by atoms with Crippen LogP contribution in [-0.4, -0.2) is 42.2 Å². The molecular weight excluding hydrogens is 304 g/mol. The highest BCUT2D eigenvalue weighted by molar-refractivity contribution is 7.99. The number of thioether (sulfide) groups is 1. The SMILES string of the molecule is O=C(CC1CCCC1)N1CCC(N2CCSc3ccccc32)C1. The second-order valence-corrected chi connectivity index (χ2v) is 8.28. The number of rotatable bonds is 3. The van der Waals surface area contributed by atoms with Crippen LogP contribution in [0.4, 0.5) is 5.69 Å². The molecule has 2 fully saturated rings. The van der Waals surface area contributed by atoms with E-state index in [4.69, 9.17) is 0 Å². The summed E-state index contributed by atoms with van der Waals surface area (Å²) in [5, 5.41) is 0. The van der Waals surface area contributed by atoms with E-state index in [0.29, 0.717) is 17.9 Å². The van der Waals surface area contributed by atoms with Crippen LogP contribution in [0.25, 0.3) is 0 Å². The van der Waals surface area contributed by atoms with E-state index in [0.717, 1.165) is 38.2 Å². The molecule has 1 aliphatic carbocycles. The molecule has 1 unspecified atom stereocenters. The van der Waals surface area contributed by atoms with Crippen molar-refractivity contribution in [1.29, 1.82) is 0 Å². The Morgan fingerprint density at radius 2 is 1.96 bits per heavy atom. The fraction of sp³-hybridized carbons (Fsp3) is 0.632. The molecule has 1 aromatic rings. The number of amides is 1. The molecule has 1 amide bonds. The standard InChI is InChI=1S/C19H26N2OS/c22-19(13-15-5-1-2-6-15)20-10-9-16(14-20)21-11-12-23-18-8-4-3-7-17(18)21/h3-4,7-8,15-16H,1-2,5-6,9-14H2. The van der Waals surface area contributed by atoms with Crippen molar-refractivity contribution in [3.05, 3.63) is 24.3 Å². The lowest BCUT2D eigenvalue weighted by Gasteiger charge is -2.35. The van der Waals surface area contributed by atoms with E-state index >= 15 is 0 Å². The Morgan fingerprint density at radius 1 is 1.13 bits per heavy atom. The van der Waals surface area contributed by atoms with Crippen molar-refractivity contribution >= 4 is 23.4 Å². The van der Waals surface area contributed by atoms with Gasteiger partial charge in [0.25, 0.3) is 0 Å². The number of para-hydroxylation sites is 1. The van der Waals surface area contributed by atoms with Crippen molar-refractivity contribution in [2.45, 2.75) is 49.5 Å². The van der Waals surface area contributed by atoms with Gasteiger partial charge in [0.2, 0.25) is 5.91 Å². The first kappa shape index (κ1) is 15.4. The Kier molecular flexibility index (Phi) is 4.52. The predicted molar refractivity (Wildman–Crippen MR) is 96.1 cm³/mol. The zero-order valence-corrected chi connectivity index (χ0v) is 14.6. The van der Waals surface area contributed by atoms with Crippen LogP contribution < -0.4 is 4.90 Å². The molecule has 2 aliphatic heterocycles. The second kappa shape index (κ2) is 6.76. The van der Waals surface area contributed by atoms with Crippen molar-refractivity contribution in [3.8, 4) is 0 Å². The average Bonchev–Trinajstić information content (AvgIpc) is 3.26. The first-order valence-electron chi connectivity index (χ1n) is 9.07. The van der Waals surface area contributed by atoms with Gasteiger partial charge in [0.05, 0.1) is 5.69 Å². The van der Waals surface area contributed by atoms with E-state index in [-0.39, 0.29) is 0 Å². The maximum absolute atomic E-state index is 12.6. The van der Waals surface area contributed by atoms with Gasteiger partial charge < -0.3 is 9.80 Å². The van der Waals surface area contributed by atoms with Crippen LogP contribution in [0.1, 0.15) is 38.5 Å². The molecule has 23 heavy (non-hydrogen) atoms. The monoisotopic (exact) mass is 330 g/mol. The Morgan fingerprint density at radius 3 is 2.83 bits per heavy atom. The van der Waals surface area contributed by atoms with Crippen LogP contribution in [0.15, 0.2) is 29.2 Å². The molecule has 1 aromatic carbocycles. The molecule has 1 saturated heterocycles. The first-order valence-corrected chi connectivity index (χ1v) is 10.1. The summed E-state index contributed by atoms with van der Waals surface area (Å²) in [5.74, 6) is 2.22. The Hall–Kier alpha value is -1.16. The molecule has 1 atom stereocenters. The molecule has 3 aliphatic rings. The third-order valence-electron chi connectivity index (χ3n) is 5.66. The predicted octanol–water partition coefficient (Wildman–Crippen LogP) is 3.78. The highest BCUT2D eigenvalue weighted by Gasteiger charge is 2.33. The van der Waals surface area contributed by atoms with E-state index < -0.39 is 0 Å². The molecule has 4 rings (SSSR count). The van der Waals surface area contributed by atoms with Gasteiger partial charge in [0.15, 0.2) is 0 Å². The van der Waals surface area contributed by atoms with Crippen molar-refractivity contribution in [2.24, 2.45) is 5.92 Å². The molecule has 0 N–H and O–H groups in total. The van der Waals surface area contributed by atoms with E-state index in [9.17, 15) is 4.79 Å². The van der Waals surface area contributed by atoms with Crippen LogP contribution in [0.3, 0.4) is 0 Å².